The second-order valence-corrected chi connectivity index (χ2v) is 5.66. The molecule has 0 fully saturated rings. The van der Waals surface area contributed by atoms with Crippen LogP contribution in [0.2, 0.25) is 0 Å². The molecule has 0 atom stereocenters. The van der Waals surface area contributed by atoms with Gasteiger partial charge in [0.15, 0.2) is 11.6 Å². The van der Waals surface area contributed by atoms with Crippen molar-refractivity contribution in [2.24, 2.45) is 0 Å². The van der Waals surface area contributed by atoms with Gasteiger partial charge in [0.2, 0.25) is 0 Å². The summed E-state index contributed by atoms with van der Waals surface area (Å²) >= 11 is 0. The van der Waals surface area contributed by atoms with E-state index >= 15 is 0 Å². The maximum Gasteiger partial charge on any atom is 0.251 e. The van der Waals surface area contributed by atoms with E-state index in [-0.39, 0.29) is 5.91 Å². The summed E-state index contributed by atoms with van der Waals surface area (Å²) in [4.78, 5) is 19.5. The van der Waals surface area contributed by atoms with Crippen LogP contribution in [0.5, 0.6) is 0 Å². The lowest BCUT2D eigenvalue weighted by molar-refractivity contribution is 0.0964. The van der Waals surface area contributed by atoms with Gasteiger partial charge in [-0.2, -0.15) is 0 Å². The number of H-pyrrole nitrogens is 1. The summed E-state index contributed by atoms with van der Waals surface area (Å²) in [5, 5.41) is 3.88. The highest BCUT2D eigenvalue weighted by atomic mass is 19.2. The molecule has 4 rings (SSSR count). The zero-order valence-electron chi connectivity index (χ0n) is 13.2. The summed E-state index contributed by atoms with van der Waals surface area (Å²) in [6, 6.07) is 11.1. The van der Waals surface area contributed by atoms with E-state index in [1.54, 1.807) is 43.6 Å². The fourth-order valence-electron chi connectivity index (χ4n) is 2.97. The standard InChI is InChI=1S/C19H13F2N3O/c1-22-19(25)11-3-2-4-16-10(11)5-6-17(24-16)13-9-23-18-8-15(21)14(20)7-12(13)18/h2-9,23H,1H3,(H,22,25). The third kappa shape index (κ3) is 2.42. The second kappa shape index (κ2) is 5.66. The molecule has 0 saturated heterocycles. The number of pyridine rings is 1. The van der Waals surface area contributed by atoms with Crippen molar-refractivity contribution < 1.29 is 13.6 Å². The first-order chi connectivity index (χ1) is 12.1. The van der Waals surface area contributed by atoms with Crippen molar-refractivity contribution in [3.05, 3.63) is 65.9 Å². The summed E-state index contributed by atoms with van der Waals surface area (Å²) in [5.74, 6) is -2.00. The van der Waals surface area contributed by atoms with Crippen molar-refractivity contribution >= 4 is 27.7 Å². The molecule has 0 aliphatic carbocycles. The van der Waals surface area contributed by atoms with Gasteiger partial charge in [-0.25, -0.2) is 13.8 Å². The minimum atomic E-state index is -0.906. The Labute approximate surface area is 141 Å². The molecular formula is C19H13F2N3O. The van der Waals surface area contributed by atoms with Crippen LogP contribution in [0.3, 0.4) is 0 Å². The van der Waals surface area contributed by atoms with E-state index in [0.717, 1.165) is 17.5 Å². The van der Waals surface area contributed by atoms with Crippen LogP contribution in [0.15, 0.2) is 48.7 Å². The van der Waals surface area contributed by atoms with Crippen molar-refractivity contribution in [3.8, 4) is 11.3 Å². The van der Waals surface area contributed by atoms with Crippen LogP contribution in [0.4, 0.5) is 8.78 Å². The summed E-state index contributed by atoms with van der Waals surface area (Å²) in [6.07, 6.45) is 1.67. The SMILES string of the molecule is CNC(=O)c1cccc2nc(-c3c[nH]c4cc(F)c(F)cc34)ccc12. The van der Waals surface area contributed by atoms with Gasteiger partial charge in [-0.05, 0) is 30.3 Å². The van der Waals surface area contributed by atoms with Gasteiger partial charge < -0.3 is 10.3 Å². The van der Waals surface area contributed by atoms with Gasteiger partial charge in [-0.3, -0.25) is 4.79 Å². The zero-order valence-corrected chi connectivity index (χ0v) is 13.2. The van der Waals surface area contributed by atoms with Crippen LogP contribution < -0.4 is 5.32 Å². The van der Waals surface area contributed by atoms with Gasteiger partial charge in [0, 0.05) is 46.7 Å². The largest absolute Gasteiger partial charge is 0.360 e. The maximum absolute atomic E-state index is 13.6. The van der Waals surface area contributed by atoms with E-state index in [4.69, 9.17) is 0 Å². The first-order valence-corrected chi connectivity index (χ1v) is 7.67. The number of amides is 1. The monoisotopic (exact) mass is 337 g/mol. The number of carbonyl (C=O) groups excluding carboxylic acids is 1. The molecule has 0 unspecified atom stereocenters. The van der Waals surface area contributed by atoms with Gasteiger partial charge >= 0.3 is 0 Å². The number of aromatic amines is 1. The number of fused-ring (bicyclic) bond motifs is 2. The summed E-state index contributed by atoms with van der Waals surface area (Å²) in [6.45, 7) is 0. The molecule has 2 heterocycles. The van der Waals surface area contributed by atoms with Crippen molar-refractivity contribution in [1.29, 1.82) is 0 Å². The predicted molar refractivity (Wildman–Crippen MR) is 92.3 cm³/mol. The van der Waals surface area contributed by atoms with E-state index in [2.05, 4.69) is 15.3 Å². The number of carbonyl (C=O) groups is 1. The highest BCUT2D eigenvalue weighted by Gasteiger charge is 2.14. The van der Waals surface area contributed by atoms with Crippen LogP contribution >= 0.6 is 0 Å². The highest BCUT2D eigenvalue weighted by Crippen LogP contribution is 2.30. The van der Waals surface area contributed by atoms with Gasteiger partial charge in [0.1, 0.15) is 0 Å². The predicted octanol–water partition coefficient (Wildman–Crippen LogP) is 4.02. The van der Waals surface area contributed by atoms with E-state index in [0.29, 0.717) is 33.2 Å². The zero-order chi connectivity index (χ0) is 17.6. The van der Waals surface area contributed by atoms with Crippen LogP contribution in [-0.2, 0) is 0 Å². The van der Waals surface area contributed by atoms with Crippen molar-refractivity contribution in [3.63, 3.8) is 0 Å². The summed E-state index contributed by atoms with van der Waals surface area (Å²) in [7, 11) is 1.57. The Bertz CT molecular complexity index is 1130. The van der Waals surface area contributed by atoms with E-state index in [9.17, 15) is 13.6 Å². The molecule has 25 heavy (non-hydrogen) atoms. The Hall–Kier alpha value is -3.28. The molecule has 2 aromatic heterocycles. The van der Waals surface area contributed by atoms with Gasteiger partial charge in [0.25, 0.3) is 5.91 Å². The molecular weight excluding hydrogens is 324 g/mol. The molecule has 0 bridgehead atoms. The van der Waals surface area contributed by atoms with Crippen molar-refractivity contribution in [2.75, 3.05) is 7.05 Å². The lowest BCUT2D eigenvalue weighted by atomic mass is 10.0. The van der Waals surface area contributed by atoms with Gasteiger partial charge in [-0.15, -0.1) is 0 Å². The summed E-state index contributed by atoms with van der Waals surface area (Å²) < 4.78 is 27.0. The second-order valence-electron chi connectivity index (χ2n) is 5.66. The molecule has 1 amide bonds. The Morgan fingerprint density at radius 3 is 2.68 bits per heavy atom. The molecule has 0 spiro atoms. The van der Waals surface area contributed by atoms with Gasteiger partial charge in [0.05, 0.1) is 11.2 Å². The van der Waals surface area contributed by atoms with E-state index in [1.165, 1.54) is 0 Å². The smallest absolute Gasteiger partial charge is 0.251 e. The van der Waals surface area contributed by atoms with Gasteiger partial charge in [-0.1, -0.05) is 6.07 Å². The van der Waals surface area contributed by atoms with Crippen molar-refractivity contribution in [2.45, 2.75) is 0 Å². The fraction of sp³-hybridized carbons (Fsp3) is 0.0526. The number of halogens is 2. The average Bonchev–Trinajstić information content (AvgIpc) is 3.03. The first kappa shape index (κ1) is 15.3. The molecule has 2 aromatic carbocycles. The van der Waals surface area contributed by atoms with E-state index < -0.39 is 11.6 Å². The van der Waals surface area contributed by atoms with Crippen LogP contribution in [-0.4, -0.2) is 22.9 Å². The topological polar surface area (TPSA) is 57.8 Å². The number of benzene rings is 2. The number of nitrogens with zero attached hydrogens (tertiary/aromatic N) is 1. The number of rotatable bonds is 2. The normalized spacial score (nSPS) is 11.2. The lowest BCUT2D eigenvalue weighted by Gasteiger charge is -2.07. The Morgan fingerprint density at radius 1 is 1.08 bits per heavy atom. The molecule has 2 N–H and O–H groups in total. The molecule has 0 aliphatic rings. The molecule has 0 saturated carbocycles. The third-order valence-corrected chi connectivity index (χ3v) is 4.20. The molecule has 0 radical (unpaired) electrons. The maximum atomic E-state index is 13.6. The first-order valence-electron chi connectivity index (χ1n) is 7.67. The highest BCUT2D eigenvalue weighted by molar-refractivity contribution is 6.06. The van der Waals surface area contributed by atoms with E-state index in [1.807, 2.05) is 0 Å². The minimum absolute atomic E-state index is 0.190. The average molecular weight is 337 g/mol. The van der Waals surface area contributed by atoms with Crippen molar-refractivity contribution in [1.82, 2.24) is 15.3 Å². The number of hydrogen-bond acceptors (Lipinski definition) is 2. The Balaban J connectivity index is 1.91. The molecule has 4 nitrogen and oxygen atoms in total. The van der Waals surface area contributed by atoms with Crippen LogP contribution in [0, 0.1) is 11.6 Å². The lowest BCUT2D eigenvalue weighted by Crippen LogP contribution is -2.18. The molecule has 4 aromatic rings. The summed E-state index contributed by atoms with van der Waals surface area (Å²) in [5.41, 5.74) is 2.96. The Kier molecular flexibility index (Phi) is 3.46. The minimum Gasteiger partial charge on any atom is -0.360 e. The molecule has 124 valence electrons. The molecule has 0 aliphatic heterocycles. The molecule has 6 heteroatoms. The number of nitrogens with one attached hydrogen (secondary N) is 2. The number of aromatic nitrogens is 2. The Morgan fingerprint density at radius 2 is 1.88 bits per heavy atom. The van der Waals surface area contributed by atoms with Crippen LogP contribution in [0.25, 0.3) is 33.1 Å². The number of hydrogen-bond donors (Lipinski definition) is 2. The quantitative estimate of drug-likeness (QED) is 0.580. The van der Waals surface area contributed by atoms with Crippen LogP contribution in [0.1, 0.15) is 10.4 Å². The third-order valence-electron chi connectivity index (χ3n) is 4.20. The fourth-order valence-corrected chi connectivity index (χ4v) is 2.97.